The molecule has 1 heterocycles. The lowest BCUT2D eigenvalue weighted by molar-refractivity contribution is 0.1000. The molecule has 20 heavy (non-hydrogen) atoms. The fourth-order valence-electron chi connectivity index (χ4n) is 2.04. The molecule has 1 aromatic rings. The highest BCUT2D eigenvalue weighted by Crippen LogP contribution is 2.40. The Balaban J connectivity index is 2.61. The number of nitrogens with one attached hydrogen (secondary N) is 1. The summed E-state index contributed by atoms with van der Waals surface area (Å²) in [6.45, 7) is 0.608. The van der Waals surface area contributed by atoms with Crippen molar-refractivity contribution in [2.45, 2.75) is 6.42 Å². The average Bonchev–Trinajstić information content (AvgIpc) is 2.43. The number of phenolic OH excluding ortho intramolecular Hbond substituents is 2. The molecule has 0 spiro atoms. The number of hydrogen-bond donors (Lipinski definition) is 5. The highest BCUT2D eigenvalue weighted by Gasteiger charge is 2.24. The molecule has 1 aliphatic rings. The van der Waals surface area contributed by atoms with Crippen molar-refractivity contribution in [2.24, 2.45) is 10.8 Å². The van der Waals surface area contributed by atoms with Gasteiger partial charge in [-0.3, -0.25) is 10.1 Å². The molecule has 8 nitrogen and oxygen atoms in total. The number of hydrazone groups is 1. The van der Waals surface area contributed by atoms with Crippen LogP contribution >= 0.6 is 0 Å². The number of carbonyl (C=O) groups is 1. The van der Waals surface area contributed by atoms with E-state index in [1.54, 1.807) is 6.21 Å². The van der Waals surface area contributed by atoms with E-state index in [1.165, 1.54) is 11.1 Å². The number of anilines is 1. The van der Waals surface area contributed by atoms with Crippen molar-refractivity contribution in [2.75, 3.05) is 24.8 Å². The summed E-state index contributed by atoms with van der Waals surface area (Å²) < 4.78 is 0. The maximum Gasteiger partial charge on any atom is 0.251 e. The number of aliphatic hydroxyl groups excluding tert-OH is 1. The van der Waals surface area contributed by atoms with Gasteiger partial charge in [0.15, 0.2) is 0 Å². The first-order valence-corrected chi connectivity index (χ1v) is 6.05. The molecule has 0 atom stereocenters. The van der Waals surface area contributed by atoms with Crippen LogP contribution in [0, 0.1) is 0 Å². The SMILES string of the molecule is NC(=O)c1cc(O)c(CCO)c(O)c1N1CNCC=N1. The van der Waals surface area contributed by atoms with Gasteiger partial charge >= 0.3 is 0 Å². The van der Waals surface area contributed by atoms with Crippen molar-refractivity contribution in [1.29, 1.82) is 0 Å². The summed E-state index contributed by atoms with van der Waals surface area (Å²) in [5, 5.41) is 37.5. The first-order chi connectivity index (χ1) is 9.56. The zero-order chi connectivity index (χ0) is 14.7. The quantitative estimate of drug-likeness (QED) is 0.485. The minimum Gasteiger partial charge on any atom is -0.508 e. The van der Waals surface area contributed by atoms with Crippen LogP contribution in [0.25, 0.3) is 0 Å². The molecule has 0 aromatic heterocycles. The summed E-state index contributed by atoms with van der Waals surface area (Å²) in [6, 6.07) is 1.17. The Labute approximate surface area is 115 Å². The molecule has 0 bridgehead atoms. The van der Waals surface area contributed by atoms with Crippen LogP contribution in [0.3, 0.4) is 0 Å². The van der Waals surface area contributed by atoms with Crippen LogP contribution in [-0.4, -0.2) is 47.3 Å². The minimum absolute atomic E-state index is 0.0393. The van der Waals surface area contributed by atoms with Gasteiger partial charge in [-0.25, -0.2) is 5.01 Å². The first-order valence-electron chi connectivity index (χ1n) is 6.05. The molecule has 1 aromatic carbocycles. The van der Waals surface area contributed by atoms with Gasteiger partial charge in [0.2, 0.25) is 0 Å². The van der Waals surface area contributed by atoms with Crippen molar-refractivity contribution in [3.63, 3.8) is 0 Å². The minimum atomic E-state index is -0.790. The van der Waals surface area contributed by atoms with Crippen LogP contribution in [0.1, 0.15) is 15.9 Å². The maximum atomic E-state index is 11.5. The lowest BCUT2D eigenvalue weighted by Crippen LogP contribution is -2.37. The van der Waals surface area contributed by atoms with Crippen molar-refractivity contribution >= 4 is 17.8 Å². The Morgan fingerprint density at radius 2 is 2.25 bits per heavy atom. The summed E-state index contributed by atoms with van der Waals surface area (Å²) >= 11 is 0. The topological polar surface area (TPSA) is 131 Å². The van der Waals surface area contributed by atoms with Crippen molar-refractivity contribution in [1.82, 2.24) is 5.32 Å². The molecule has 0 fully saturated rings. The molecule has 6 N–H and O–H groups in total. The molecule has 0 aliphatic carbocycles. The van der Waals surface area contributed by atoms with Crippen LogP contribution in [0.5, 0.6) is 11.5 Å². The number of aliphatic hydroxyl groups is 1. The second kappa shape index (κ2) is 5.76. The third-order valence-electron chi connectivity index (χ3n) is 2.96. The van der Waals surface area contributed by atoms with E-state index < -0.39 is 5.91 Å². The number of hydrogen-bond acceptors (Lipinski definition) is 7. The Bertz CT molecular complexity index is 559. The van der Waals surface area contributed by atoms with Crippen LogP contribution in [-0.2, 0) is 6.42 Å². The first kappa shape index (κ1) is 14.1. The number of carbonyl (C=O) groups excluding carboxylic acids is 1. The summed E-state index contributed by atoms with van der Waals surface area (Å²) in [5.74, 6) is -1.39. The average molecular weight is 280 g/mol. The molecule has 0 saturated heterocycles. The van der Waals surface area contributed by atoms with Crippen molar-refractivity contribution in [3.05, 3.63) is 17.2 Å². The molecule has 2 rings (SSSR count). The number of amides is 1. The van der Waals surface area contributed by atoms with Crippen LogP contribution in [0.4, 0.5) is 5.69 Å². The van der Waals surface area contributed by atoms with Crippen LogP contribution in [0.2, 0.25) is 0 Å². The summed E-state index contributed by atoms with van der Waals surface area (Å²) in [7, 11) is 0. The number of benzene rings is 1. The summed E-state index contributed by atoms with van der Waals surface area (Å²) in [5.41, 5.74) is 5.49. The summed E-state index contributed by atoms with van der Waals surface area (Å²) in [4.78, 5) is 11.5. The molecule has 0 unspecified atom stereocenters. The lowest BCUT2D eigenvalue weighted by Gasteiger charge is -2.26. The number of nitrogens with two attached hydrogens (primary N) is 1. The van der Waals surface area contributed by atoms with Crippen molar-refractivity contribution in [3.8, 4) is 11.5 Å². The van der Waals surface area contributed by atoms with Gasteiger partial charge in [-0.15, -0.1) is 0 Å². The van der Waals surface area contributed by atoms with E-state index in [0.717, 1.165) is 0 Å². The lowest BCUT2D eigenvalue weighted by atomic mass is 10.0. The third-order valence-corrected chi connectivity index (χ3v) is 2.96. The normalized spacial score (nSPS) is 14.6. The molecule has 1 aliphatic heterocycles. The molecule has 0 saturated carbocycles. The van der Waals surface area contributed by atoms with Gasteiger partial charge in [-0.2, -0.15) is 5.10 Å². The Hall–Kier alpha value is -2.32. The van der Waals surface area contributed by atoms with Gasteiger partial charge in [0.1, 0.15) is 17.2 Å². The number of aromatic hydroxyl groups is 2. The molecular formula is C12H16N4O4. The molecule has 108 valence electrons. The van der Waals surface area contributed by atoms with E-state index in [2.05, 4.69) is 10.4 Å². The molecule has 1 amide bonds. The fraction of sp³-hybridized carbons (Fsp3) is 0.333. The van der Waals surface area contributed by atoms with Gasteiger partial charge in [-0.1, -0.05) is 0 Å². The van der Waals surface area contributed by atoms with Gasteiger partial charge in [0.05, 0.1) is 12.2 Å². The van der Waals surface area contributed by atoms with E-state index >= 15 is 0 Å². The van der Waals surface area contributed by atoms with Gasteiger partial charge in [0, 0.05) is 31.4 Å². The predicted molar refractivity (Wildman–Crippen MR) is 72.9 cm³/mol. The maximum absolute atomic E-state index is 11.5. The fourth-order valence-corrected chi connectivity index (χ4v) is 2.04. The van der Waals surface area contributed by atoms with E-state index in [4.69, 9.17) is 10.8 Å². The third kappa shape index (κ3) is 2.51. The molecule has 0 radical (unpaired) electrons. The van der Waals surface area contributed by atoms with Gasteiger partial charge in [-0.05, 0) is 6.07 Å². The summed E-state index contributed by atoms with van der Waals surface area (Å²) in [6.07, 6.45) is 1.63. The Kier molecular flexibility index (Phi) is 4.06. The van der Waals surface area contributed by atoms with Crippen LogP contribution in [0.15, 0.2) is 11.2 Å². The van der Waals surface area contributed by atoms with Crippen LogP contribution < -0.4 is 16.1 Å². The zero-order valence-corrected chi connectivity index (χ0v) is 10.7. The standard InChI is InChI=1S/C12H16N4O4/c13-12(20)8-5-9(18)7(1-4-17)11(19)10(8)16-6-14-2-3-15-16/h3,5,14,17-19H,1-2,4,6H2,(H2,13,20). The van der Waals surface area contributed by atoms with E-state index in [0.29, 0.717) is 6.54 Å². The molecular weight excluding hydrogens is 264 g/mol. The molecule has 8 heteroatoms. The highest BCUT2D eigenvalue weighted by molar-refractivity contribution is 6.01. The zero-order valence-electron chi connectivity index (χ0n) is 10.7. The van der Waals surface area contributed by atoms with Gasteiger partial charge < -0.3 is 21.1 Å². The van der Waals surface area contributed by atoms with E-state index in [9.17, 15) is 15.0 Å². The number of rotatable bonds is 4. The Morgan fingerprint density at radius 1 is 1.50 bits per heavy atom. The smallest absolute Gasteiger partial charge is 0.251 e. The van der Waals surface area contributed by atoms with Crippen molar-refractivity contribution < 1.29 is 20.1 Å². The van der Waals surface area contributed by atoms with Gasteiger partial charge in [0.25, 0.3) is 5.91 Å². The highest BCUT2D eigenvalue weighted by atomic mass is 16.3. The predicted octanol–water partition coefficient (Wildman–Crippen LogP) is -0.916. The second-order valence-corrected chi connectivity index (χ2v) is 4.27. The number of nitrogens with zero attached hydrogens (tertiary/aromatic N) is 2. The second-order valence-electron chi connectivity index (χ2n) is 4.27. The van der Waals surface area contributed by atoms with E-state index in [1.807, 2.05) is 0 Å². The monoisotopic (exact) mass is 280 g/mol. The largest absolute Gasteiger partial charge is 0.508 e. The number of phenols is 2. The van der Waals surface area contributed by atoms with E-state index in [-0.39, 0.29) is 48.0 Å². The Morgan fingerprint density at radius 3 is 2.80 bits per heavy atom. The number of primary amides is 1.